The first kappa shape index (κ1) is 16.1. The van der Waals surface area contributed by atoms with Gasteiger partial charge in [-0.05, 0) is 32.9 Å². The first-order valence-corrected chi connectivity index (χ1v) is 6.98. The summed E-state index contributed by atoms with van der Waals surface area (Å²) >= 11 is 0. The van der Waals surface area contributed by atoms with Gasteiger partial charge in [-0.3, -0.25) is 4.68 Å². The Morgan fingerprint density at radius 2 is 2.00 bits per heavy atom. The van der Waals surface area contributed by atoms with Crippen molar-refractivity contribution >= 4 is 0 Å². The Hall–Kier alpha value is -0.910. The fraction of sp³-hybridized carbons (Fsp3) is 0.786. The van der Waals surface area contributed by atoms with Crippen molar-refractivity contribution in [1.29, 1.82) is 0 Å². The number of aromatic nitrogens is 2. The Kier molecular flexibility index (Phi) is 7.05. The smallest absolute Gasteiger partial charge is 0.172 e. The lowest BCUT2D eigenvalue weighted by Crippen LogP contribution is -2.44. The number of hydrogen-bond donors (Lipinski definition) is 1. The van der Waals surface area contributed by atoms with Crippen LogP contribution in [0.15, 0.2) is 6.07 Å². The molecule has 1 rings (SSSR count). The SMILES string of the molecule is CCCNC(Cc1cc(C)nn1CC)C(OC)OC. The van der Waals surface area contributed by atoms with Crippen LogP contribution in [-0.4, -0.2) is 42.9 Å². The van der Waals surface area contributed by atoms with Crippen molar-refractivity contribution in [3.63, 3.8) is 0 Å². The van der Waals surface area contributed by atoms with Gasteiger partial charge >= 0.3 is 0 Å². The largest absolute Gasteiger partial charge is 0.354 e. The predicted molar refractivity (Wildman–Crippen MR) is 76.2 cm³/mol. The summed E-state index contributed by atoms with van der Waals surface area (Å²) in [6.07, 6.45) is 1.69. The Morgan fingerprint density at radius 1 is 1.32 bits per heavy atom. The van der Waals surface area contributed by atoms with Gasteiger partial charge in [0, 0.05) is 32.9 Å². The molecule has 0 fully saturated rings. The highest BCUT2D eigenvalue weighted by Crippen LogP contribution is 2.11. The molecule has 19 heavy (non-hydrogen) atoms. The van der Waals surface area contributed by atoms with Crippen LogP contribution in [0.25, 0.3) is 0 Å². The van der Waals surface area contributed by atoms with Crippen molar-refractivity contribution in [3.8, 4) is 0 Å². The Bertz CT molecular complexity index is 362. The van der Waals surface area contributed by atoms with Crippen LogP contribution in [-0.2, 0) is 22.4 Å². The molecule has 1 heterocycles. The van der Waals surface area contributed by atoms with E-state index in [0.717, 1.165) is 31.6 Å². The van der Waals surface area contributed by atoms with E-state index < -0.39 is 0 Å². The zero-order valence-corrected chi connectivity index (χ0v) is 12.8. The van der Waals surface area contributed by atoms with E-state index in [-0.39, 0.29) is 12.3 Å². The van der Waals surface area contributed by atoms with Crippen LogP contribution in [0.3, 0.4) is 0 Å². The van der Waals surface area contributed by atoms with Gasteiger partial charge in [-0.25, -0.2) is 0 Å². The standard InChI is InChI=1S/C14H27N3O2/c1-6-8-15-13(14(18-4)19-5)10-12-9-11(3)16-17(12)7-2/h9,13-15H,6-8,10H2,1-5H3. The molecule has 0 spiro atoms. The van der Waals surface area contributed by atoms with Gasteiger partial charge in [-0.1, -0.05) is 6.92 Å². The zero-order valence-electron chi connectivity index (χ0n) is 12.8. The quantitative estimate of drug-likeness (QED) is 0.694. The highest BCUT2D eigenvalue weighted by molar-refractivity contribution is 5.10. The molecular weight excluding hydrogens is 242 g/mol. The van der Waals surface area contributed by atoms with E-state index in [0.29, 0.717) is 0 Å². The molecule has 0 aliphatic rings. The number of nitrogens with zero attached hydrogens (tertiary/aromatic N) is 2. The van der Waals surface area contributed by atoms with Gasteiger partial charge in [-0.2, -0.15) is 5.10 Å². The molecule has 0 saturated heterocycles. The van der Waals surface area contributed by atoms with E-state index in [9.17, 15) is 0 Å². The fourth-order valence-electron chi connectivity index (χ4n) is 2.28. The fourth-order valence-corrected chi connectivity index (χ4v) is 2.28. The highest BCUT2D eigenvalue weighted by atomic mass is 16.7. The maximum atomic E-state index is 5.40. The van der Waals surface area contributed by atoms with Gasteiger partial charge in [-0.15, -0.1) is 0 Å². The number of hydrogen-bond acceptors (Lipinski definition) is 4. The van der Waals surface area contributed by atoms with Crippen molar-refractivity contribution in [1.82, 2.24) is 15.1 Å². The molecule has 110 valence electrons. The summed E-state index contributed by atoms with van der Waals surface area (Å²) in [5.74, 6) is 0. The van der Waals surface area contributed by atoms with Gasteiger partial charge in [0.1, 0.15) is 0 Å². The van der Waals surface area contributed by atoms with E-state index in [1.165, 1.54) is 5.69 Å². The maximum Gasteiger partial charge on any atom is 0.172 e. The van der Waals surface area contributed by atoms with Gasteiger partial charge in [0.2, 0.25) is 0 Å². The Balaban J connectivity index is 2.79. The lowest BCUT2D eigenvalue weighted by molar-refractivity contribution is -0.122. The average Bonchev–Trinajstić information content (AvgIpc) is 2.77. The molecule has 0 aromatic carbocycles. The molecule has 1 unspecified atom stereocenters. The summed E-state index contributed by atoms with van der Waals surface area (Å²) in [7, 11) is 3.36. The first-order chi connectivity index (χ1) is 9.15. The number of aryl methyl sites for hydroxylation is 2. The number of methoxy groups -OCH3 is 2. The molecule has 0 amide bonds. The van der Waals surface area contributed by atoms with Crippen LogP contribution in [0.4, 0.5) is 0 Å². The molecule has 0 saturated carbocycles. The van der Waals surface area contributed by atoms with E-state index in [1.807, 2.05) is 11.6 Å². The summed E-state index contributed by atoms with van der Waals surface area (Å²) in [6, 6.07) is 2.27. The molecular formula is C14H27N3O2. The van der Waals surface area contributed by atoms with Gasteiger partial charge < -0.3 is 14.8 Å². The third-order valence-corrected chi connectivity index (χ3v) is 3.16. The lowest BCUT2D eigenvalue weighted by atomic mass is 10.1. The van der Waals surface area contributed by atoms with E-state index in [1.54, 1.807) is 14.2 Å². The van der Waals surface area contributed by atoms with Crippen molar-refractivity contribution in [2.24, 2.45) is 0 Å². The molecule has 0 aliphatic heterocycles. The van der Waals surface area contributed by atoms with Crippen molar-refractivity contribution in [2.75, 3.05) is 20.8 Å². The zero-order chi connectivity index (χ0) is 14.3. The lowest BCUT2D eigenvalue weighted by Gasteiger charge is -2.26. The highest BCUT2D eigenvalue weighted by Gasteiger charge is 2.22. The number of nitrogens with one attached hydrogen (secondary N) is 1. The second-order valence-electron chi connectivity index (χ2n) is 4.70. The van der Waals surface area contributed by atoms with E-state index in [4.69, 9.17) is 9.47 Å². The maximum absolute atomic E-state index is 5.40. The molecule has 5 heteroatoms. The molecule has 1 aromatic rings. The van der Waals surface area contributed by atoms with Crippen molar-refractivity contribution in [3.05, 3.63) is 17.5 Å². The molecule has 1 aromatic heterocycles. The monoisotopic (exact) mass is 269 g/mol. The predicted octanol–water partition coefficient (Wildman–Crippen LogP) is 1.74. The van der Waals surface area contributed by atoms with Crippen molar-refractivity contribution < 1.29 is 9.47 Å². The minimum atomic E-state index is -0.243. The van der Waals surface area contributed by atoms with Crippen LogP contribution in [0.5, 0.6) is 0 Å². The summed E-state index contributed by atoms with van der Waals surface area (Å²) in [6.45, 7) is 8.11. The Labute approximate surface area is 116 Å². The average molecular weight is 269 g/mol. The molecule has 0 radical (unpaired) electrons. The molecule has 1 N–H and O–H groups in total. The third-order valence-electron chi connectivity index (χ3n) is 3.16. The molecule has 5 nitrogen and oxygen atoms in total. The second kappa shape index (κ2) is 8.30. The van der Waals surface area contributed by atoms with Crippen LogP contribution >= 0.6 is 0 Å². The molecule has 0 bridgehead atoms. The summed E-state index contributed by atoms with van der Waals surface area (Å²) in [4.78, 5) is 0. The molecule has 0 aliphatic carbocycles. The topological polar surface area (TPSA) is 48.3 Å². The van der Waals surface area contributed by atoms with Crippen LogP contribution in [0.2, 0.25) is 0 Å². The summed E-state index contributed by atoms with van der Waals surface area (Å²) in [5.41, 5.74) is 2.27. The van der Waals surface area contributed by atoms with Gasteiger partial charge in [0.05, 0.1) is 11.7 Å². The second-order valence-corrected chi connectivity index (χ2v) is 4.70. The first-order valence-electron chi connectivity index (χ1n) is 6.98. The normalized spacial score (nSPS) is 13.2. The van der Waals surface area contributed by atoms with Gasteiger partial charge in [0.25, 0.3) is 0 Å². The van der Waals surface area contributed by atoms with E-state index in [2.05, 4.69) is 30.3 Å². The van der Waals surface area contributed by atoms with Crippen LogP contribution in [0.1, 0.15) is 31.7 Å². The Morgan fingerprint density at radius 3 is 2.53 bits per heavy atom. The van der Waals surface area contributed by atoms with Crippen LogP contribution in [0, 0.1) is 6.92 Å². The minimum absolute atomic E-state index is 0.136. The minimum Gasteiger partial charge on any atom is -0.354 e. The van der Waals surface area contributed by atoms with Crippen LogP contribution < -0.4 is 5.32 Å². The summed E-state index contributed by atoms with van der Waals surface area (Å²) < 4.78 is 12.8. The van der Waals surface area contributed by atoms with E-state index >= 15 is 0 Å². The van der Waals surface area contributed by atoms with Crippen molar-refractivity contribution in [2.45, 2.75) is 52.5 Å². The third kappa shape index (κ3) is 4.60. The summed E-state index contributed by atoms with van der Waals surface area (Å²) in [5, 5.41) is 7.97. The number of ether oxygens (including phenoxy) is 2. The molecule has 1 atom stereocenters. The van der Waals surface area contributed by atoms with Gasteiger partial charge in [0.15, 0.2) is 6.29 Å². The number of rotatable bonds is 9.